The van der Waals surface area contributed by atoms with Crippen LogP contribution in [0.4, 0.5) is 0 Å². The van der Waals surface area contributed by atoms with E-state index in [4.69, 9.17) is 0 Å². The molecule has 1 atom stereocenters. The first-order valence-electron chi connectivity index (χ1n) is 9.98. The van der Waals surface area contributed by atoms with Gasteiger partial charge in [0.05, 0.1) is 6.04 Å². The van der Waals surface area contributed by atoms with E-state index in [1.54, 1.807) is 18.3 Å². The minimum Gasteiger partial charge on any atom is -0.331 e. The van der Waals surface area contributed by atoms with Crippen molar-refractivity contribution in [1.82, 2.24) is 33.8 Å². The molecule has 5 heterocycles. The van der Waals surface area contributed by atoms with Crippen molar-refractivity contribution in [3.63, 3.8) is 0 Å². The predicted molar refractivity (Wildman–Crippen MR) is 101 cm³/mol. The van der Waals surface area contributed by atoms with E-state index in [1.807, 2.05) is 11.0 Å². The van der Waals surface area contributed by atoms with Crippen LogP contribution in [0, 0.1) is 0 Å². The number of carbonyl (C=O) groups excluding carboxylic acids is 1. The van der Waals surface area contributed by atoms with Crippen molar-refractivity contribution in [2.75, 3.05) is 6.54 Å². The zero-order valence-corrected chi connectivity index (χ0v) is 15.7. The average Bonchev–Trinajstić information content (AvgIpc) is 3.36. The van der Waals surface area contributed by atoms with Crippen LogP contribution in [0.3, 0.4) is 0 Å². The molecule has 0 spiro atoms. The second-order valence-electron chi connectivity index (χ2n) is 7.55. The number of amides is 1. The lowest BCUT2D eigenvalue weighted by Gasteiger charge is -2.24. The third-order valence-corrected chi connectivity index (χ3v) is 5.78. The Morgan fingerprint density at radius 3 is 2.93 bits per heavy atom. The highest BCUT2D eigenvalue weighted by atomic mass is 16.2. The molecule has 3 aromatic heterocycles. The van der Waals surface area contributed by atoms with Crippen molar-refractivity contribution in [2.24, 2.45) is 0 Å². The van der Waals surface area contributed by atoms with Crippen LogP contribution in [0.25, 0.3) is 5.65 Å². The molecule has 0 aromatic carbocycles. The number of carbonyl (C=O) groups is 1. The lowest BCUT2D eigenvalue weighted by molar-refractivity contribution is -0.133. The Balaban J connectivity index is 1.41. The van der Waals surface area contributed by atoms with Crippen molar-refractivity contribution in [3.05, 3.63) is 46.5 Å². The number of hydrogen-bond donors (Lipinski definition) is 0. The Labute approximate surface area is 161 Å². The van der Waals surface area contributed by atoms with Crippen LogP contribution in [0.1, 0.15) is 49.8 Å². The standard InChI is InChI=1S/C19H23N7O2/c27-17(13-26-19(28)25-11-5-3-9-16(25)22-26)23-12-6-7-14(23)18-21-20-15-8-2-1-4-10-24(15)18/h3,5,9,11,14H,1-2,4,6-8,10,12-13H2/t14-/m0/s1. The van der Waals surface area contributed by atoms with Gasteiger partial charge in [-0.3, -0.25) is 9.20 Å². The molecule has 1 amide bonds. The number of likely N-dealkylation sites (tertiary alicyclic amines) is 1. The molecule has 0 unspecified atom stereocenters. The van der Waals surface area contributed by atoms with Crippen molar-refractivity contribution in [1.29, 1.82) is 0 Å². The lowest BCUT2D eigenvalue weighted by Crippen LogP contribution is -2.37. The monoisotopic (exact) mass is 381 g/mol. The maximum atomic E-state index is 13.0. The van der Waals surface area contributed by atoms with Gasteiger partial charge in [-0.05, 0) is 37.8 Å². The van der Waals surface area contributed by atoms with Crippen LogP contribution >= 0.6 is 0 Å². The molecule has 5 rings (SSSR count). The van der Waals surface area contributed by atoms with E-state index in [0.717, 1.165) is 50.3 Å². The Bertz CT molecular complexity index is 1080. The molecule has 1 fully saturated rings. The molecule has 28 heavy (non-hydrogen) atoms. The first kappa shape index (κ1) is 17.2. The zero-order chi connectivity index (χ0) is 19.1. The topological polar surface area (TPSA) is 90.3 Å². The van der Waals surface area contributed by atoms with Crippen molar-refractivity contribution in [3.8, 4) is 0 Å². The Morgan fingerprint density at radius 2 is 2.04 bits per heavy atom. The molecular weight excluding hydrogens is 358 g/mol. The molecule has 0 radical (unpaired) electrons. The number of hydrogen-bond acceptors (Lipinski definition) is 5. The van der Waals surface area contributed by atoms with E-state index < -0.39 is 0 Å². The van der Waals surface area contributed by atoms with Gasteiger partial charge in [-0.1, -0.05) is 12.5 Å². The van der Waals surface area contributed by atoms with E-state index >= 15 is 0 Å². The molecule has 3 aromatic rings. The van der Waals surface area contributed by atoms with Crippen LogP contribution in [0.5, 0.6) is 0 Å². The van der Waals surface area contributed by atoms with Gasteiger partial charge < -0.3 is 9.47 Å². The Hall–Kier alpha value is -2.97. The maximum absolute atomic E-state index is 13.0. The lowest BCUT2D eigenvalue weighted by atomic mass is 10.2. The van der Waals surface area contributed by atoms with E-state index in [-0.39, 0.29) is 24.2 Å². The summed E-state index contributed by atoms with van der Waals surface area (Å²) < 4.78 is 4.91. The highest BCUT2D eigenvalue weighted by Crippen LogP contribution is 2.32. The summed E-state index contributed by atoms with van der Waals surface area (Å²) in [6.07, 6.45) is 7.88. The third-order valence-electron chi connectivity index (χ3n) is 5.78. The van der Waals surface area contributed by atoms with E-state index in [9.17, 15) is 9.59 Å². The Morgan fingerprint density at radius 1 is 1.11 bits per heavy atom. The van der Waals surface area contributed by atoms with Gasteiger partial charge in [-0.15, -0.1) is 15.3 Å². The summed E-state index contributed by atoms with van der Waals surface area (Å²) in [6.45, 7) is 1.54. The molecule has 1 saturated heterocycles. The summed E-state index contributed by atoms with van der Waals surface area (Å²) in [6, 6.07) is 5.28. The van der Waals surface area contributed by atoms with Gasteiger partial charge in [-0.2, -0.15) is 0 Å². The van der Waals surface area contributed by atoms with Crippen LogP contribution in [-0.4, -0.2) is 46.3 Å². The largest absolute Gasteiger partial charge is 0.350 e. The van der Waals surface area contributed by atoms with Crippen molar-refractivity contribution < 1.29 is 4.79 Å². The second kappa shape index (κ2) is 6.88. The molecule has 0 saturated carbocycles. The normalized spacial score (nSPS) is 19.7. The summed E-state index contributed by atoms with van der Waals surface area (Å²) in [5.74, 6) is 1.83. The number of rotatable bonds is 3. The van der Waals surface area contributed by atoms with E-state index in [0.29, 0.717) is 12.2 Å². The first-order chi connectivity index (χ1) is 13.7. The Kier molecular flexibility index (Phi) is 4.22. The van der Waals surface area contributed by atoms with Gasteiger partial charge >= 0.3 is 5.69 Å². The van der Waals surface area contributed by atoms with Crippen LogP contribution in [-0.2, 0) is 24.3 Å². The summed E-state index contributed by atoms with van der Waals surface area (Å²) in [5.41, 5.74) is 0.247. The fraction of sp³-hybridized carbons (Fsp3) is 0.526. The van der Waals surface area contributed by atoms with Gasteiger partial charge in [0.1, 0.15) is 12.4 Å². The highest BCUT2D eigenvalue weighted by Gasteiger charge is 2.34. The van der Waals surface area contributed by atoms with Gasteiger partial charge in [0, 0.05) is 25.7 Å². The summed E-state index contributed by atoms with van der Waals surface area (Å²) in [7, 11) is 0. The number of pyridine rings is 1. The number of aryl methyl sites for hydroxylation is 1. The average molecular weight is 381 g/mol. The van der Waals surface area contributed by atoms with Crippen LogP contribution < -0.4 is 5.69 Å². The molecule has 0 N–H and O–H groups in total. The summed E-state index contributed by atoms with van der Waals surface area (Å²) in [4.78, 5) is 27.4. The first-order valence-corrected chi connectivity index (χ1v) is 9.98. The van der Waals surface area contributed by atoms with Crippen LogP contribution in [0.15, 0.2) is 29.2 Å². The minimum absolute atomic E-state index is 0.0575. The minimum atomic E-state index is -0.295. The quantitative estimate of drug-likeness (QED) is 0.679. The SMILES string of the molecule is O=C(Cn1nc2ccccn2c1=O)N1CCC[C@H]1c1nnc2n1CCCCC2. The highest BCUT2D eigenvalue weighted by molar-refractivity contribution is 5.76. The fourth-order valence-electron chi connectivity index (χ4n) is 4.38. The van der Waals surface area contributed by atoms with Gasteiger partial charge in [0.2, 0.25) is 5.91 Å². The molecule has 9 nitrogen and oxygen atoms in total. The molecule has 2 aliphatic heterocycles. The van der Waals surface area contributed by atoms with Crippen LogP contribution in [0.2, 0.25) is 0 Å². The molecule has 9 heteroatoms. The molecule has 2 aliphatic rings. The number of fused-ring (bicyclic) bond motifs is 2. The van der Waals surface area contributed by atoms with Gasteiger partial charge in [-0.25, -0.2) is 9.48 Å². The predicted octanol–water partition coefficient (Wildman–Crippen LogP) is 1.18. The van der Waals surface area contributed by atoms with Crippen molar-refractivity contribution >= 4 is 11.6 Å². The molecule has 0 aliphatic carbocycles. The maximum Gasteiger partial charge on any atom is 0.350 e. The van der Waals surface area contributed by atoms with E-state index in [1.165, 1.54) is 15.5 Å². The smallest absolute Gasteiger partial charge is 0.331 e. The van der Waals surface area contributed by atoms with E-state index in [2.05, 4.69) is 19.9 Å². The fourth-order valence-corrected chi connectivity index (χ4v) is 4.38. The summed E-state index contributed by atoms with van der Waals surface area (Å²) >= 11 is 0. The third kappa shape index (κ3) is 2.81. The molecule has 146 valence electrons. The number of aromatic nitrogens is 6. The van der Waals surface area contributed by atoms with Gasteiger partial charge in [0.15, 0.2) is 11.5 Å². The molecular formula is C19H23N7O2. The zero-order valence-electron chi connectivity index (χ0n) is 15.7. The molecule has 0 bridgehead atoms. The number of nitrogens with zero attached hydrogens (tertiary/aromatic N) is 7. The van der Waals surface area contributed by atoms with Crippen molar-refractivity contribution in [2.45, 2.75) is 57.7 Å². The van der Waals surface area contributed by atoms with Gasteiger partial charge in [0.25, 0.3) is 0 Å². The summed E-state index contributed by atoms with van der Waals surface area (Å²) in [5, 5.41) is 13.1. The second-order valence-corrected chi connectivity index (χ2v) is 7.55.